The van der Waals surface area contributed by atoms with Gasteiger partial charge in [-0.3, -0.25) is 10.1 Å². The first kappa shape index (κ1) is 14.8. The number of anilines is 2. The van der Waals surface area contributed by atoms with Crippen molar-refractivity contribution < 1.29 is 4.92 Å². The fourth-order valence-corrected chi connectivity index (χ4v) is 3.07. The highest BCUT2D eigenvalue weighted by Crippen LogP contribution is 2.30. The first-order valence-corrected chi connectivity index (χ1v) is 7.78. The second-order valence-electron chi connectivity index (χ2n) is 4.71. The number of hydrogen-bond acceptors (Lipinski definition) is 7. The minimum Gasteiger partial charge on any atom is -0.354 e. The van der Waals surface area contributed by atoms with E-state index in [1.807, 2.05) is 23.6 Å². The van der Waals surface area contributed by atoms with Gasteiger partial charge in [-0.15, -0.1) is 0 Å². The Morgan fingerprint density at radius 2 is 2.45 bits per heavy atom. The van der Waals surface area contributed by atoms with E-state index >= 15 is 0 Å². The summed E-state index contributed by atoms with van der Waals surface area (Å²) >= 11 is 1.88. The van der Waals surface area contributed by atoms with Gasteiger partial charge in [0.15, 0.2) is 0 Å². The lowest BCUT2D eigenvalue weighted by Gasteiger charge is -2.31. The number of nitrogens with zero attached hydrogens (tertiary/aromatic N) is 4. The molecule has 0 amide bonds. The second kappa shape index (κ2) is 6.74. The molecule has 1 aliphatic heterocycles. The molecule has 0 aromatic carbocycles. The van der Waals surface area contributed by atoms with Gasteiger partial charge in [-0.05, 0) is 6.42 Å². The van der Waals surface area contributed by atoms with Gasteiger partial charge < -0.3 is 10.2 Å². The molecule has 1 N–H and O–H groups in total. The van der Waals surface area contributed by atoms with Gasteiger partial charge in [-0.2, -0.15) is 16.7 Å². The van der Waals surface area contributed by atoms with Gasteiger partial charge in [0.05, 0.1) is 4.92 Å². The second-order valence-corrected chi connectivity index (χ2v) is 6.26. The molecule has 1 unspecified atom stereocenters. The van der Waals surface area contributed by atoms with Crippen LogP contribution in [0, 0.1) is 10.1 Å². The lowest BCUT2D eigenvalue weighted by Crippen LogP contribution is -2.37. The van der Waals surface area contributed by atoms with Crippen LogP contribution in [0.4, 0.5) is 17.5 Å². The van der Waals surface area contributed by atoms with Gasteiger partial charge in [0.25, 0.3) is 0 Å². The number of nitro groups is 1. The Labute approximate surface area is 122 Å². The molecule has 1 atom stereocenters. The highest BCUT2D eigenvalue weighted by Gasteiger charge is 2.26. The molecule has 0 spiro atoms. The normalized spacial score (nSPS) is 18.9. The van der Waals surface area contributed by atoms with Gasteiger partial charge in [0.1, 0.15) is 6.20 Å². The molecule has 0 radical (unpaired) electrons. The maximum absolute atomic E-state index is 11.1. The van der Waals surface area contributed by atoms with Gasteiger partial charge >= 0.3 is 5.69 Å². The van der Waals surface area contributed by atoms with E-state index in [9.17, 15) is 10.1 Å². The number of rotatable bonds is 5. The Hall–Kier alpha value is -1.57. The van der Waals surface area contributed by atoms with E-state index < -0.39 is 4.92 Å². The van der Waals surface area contributed by atoms with E-state index in [1.165, 1.54) is 6.20 Å². The highest BCUT2D eigenvalue weighted by atomic mass is 32.2. The maximum atomic E-state index is 11.1. The van der Waals surface area contributed by atoms with E-state index in [-0.39, 0.29) is 5.69 Å². The van der Waals surface area contributed by atoms with E-state index in [0.717, 1.165) is 31.8 Å². The van der Waals surface area contributed by atoms with Gasteiger partial charge in [-0.25, -0.2) is 4.98 Å². The zero-order chi connectivity index (χ0) is 14.5. The van der Waals surface area contributed by atoms with Crippen LogP contribution >= 0.6 is 11.8 Å². The van der Waals surface area contributed by atoms with Crippen molar-refractivity contribution >= 4 is 29.2 Å². The Morgan fingerprint density at radius 3 is 3.10 bits per heavy atom. The van der Waals surface area contributed by atoms with Crippen LogP contribution in [0.2, 0.25) is 0 Å². The van der Waals surface area contributed by atoms with Crippen LogP contribution in [0.3, 0.4) is 0 Å². The highest BCUT2D eigenvalue weighted by molar-refractivity contribution is 8.00. The summed E-state index contributed by atoms with van der Waals surface area (Å²) in [5.41, 5.74) is -0.0221. The lowest BCUT2D eigenvalue weighted by atomic mass is 10.3. The predicted octanol–water partition coefficient (Wildman–Crippen LogP) is 2.15. The van der Waals surface area contributed by atoms with Crippen LogP contribution in [-0.4, -0.2) is 45.5 Å². The Balaban J connectivity index is 2.28. The van der Waals surface area contributed by atoms with Crippen LogP contribution in [0.15, 0.2) is 6.20 Å². The molecule has 0 bridgehead atoms. The molecule has 1 aromatic rings. The molecule has 1 saturated heterocycles. The number of nitrogens with one attached hydrogen (secondary N) is 1. The summed E-state index contributed by atoms with van der Waals surface area (Å²) in [6.07, 6.45) is 2.25. The average Bonchev–Trinajstić information content (AvgIpc) is 2.44. The van der Waals surface area contributed by atoms with E-state index in [4.69, 9.17) is 0 Å². The molecule has 1 aliphatic rings. The molecule has 1 fully saturated rings. The van der Waals surface area contributed by atoms with Gasteiger partial charge in [0.2, 0.25) is 11.8 Å². The zero-order valence-electron chi connectivity index (χ0n) is 11.7. The van der Waals surface area contributed by atoms with Crippen LogP contribution in [0.1, 0.15) is 20.3 Å². The smallest absolute Gasteiger partial charge is 0.329 e. The van der Waals surface area contributed by atoms with Gasteiger partial charge in [-0.1, -0.05) is 13.8 Å². The van der Waals surface area contributed by atoms with E-state index in [0.29, 0.717) is 17.0 Å². The number of thioether (sulfide) groups is 1. The third kappa shape index (κ3) is 3.50. The Morgan fingerprint density at radius 1 is 1.65 bits per heavy atom. The lowest BCUT2D eigenvalue weighted by molar-refractivity contribution is -0.384. The summed E-state index contributed by atoms with van der Waals surface area (Å²) in [5.74, 6) is 1.84. The zero-order valence-corrected chi connectivity index (χ0v) is 12.5. The largest absolute Gasteiger partial charge is 0.354 e. The van der Waals surface area contributed by atoms with Crippen LogP contribution in [0.25, 0.3) is 0 Å². The van der Waals surface area contributed by atoms with E-state index in [2.05, 4.69) is 22.2 Å². The summed E-state index contributed by atoms with van der Waals surface area (Å²) in [6.45, 7) is 6.47. The molecule has 0 saturated carbocycles. The summed E-state index contributed by atoms with van der Waals surface area (Å²) in [7, 11) is 0. The van der Waals surface area contributed by atoms with Crippen LogP contribution < -0.4 is 10.2 Å². The molecule has 8 heteroatoms. The van der Waals surface area contributed by atoms with Gasteiger partial charge in [0, 0.05) is 30.6 Å². The van der Waals surface area contributed by atoms with Crippen molar-refractivity contribution in [1.29, 1.82) is 0 Å². The van der Waals surface area contributed by atoms with Crippen LogP contribution in [0.5, 0.6) is 0 Å². The number of aromatic nitrogens is 2. The Bertz CT molecular complexity index is 485. The van der Waals surface area contributed by atoms with Crippen molar-refractivity contribution in [3.8, 4) is 0 Å². The SMILES string of the molecule is CCCNc1ncc([N+](=O)[O-])c(N2CCSC(C)C2)n1. The van der Waals surface area contributed by atoms with Crippen molar-refractivity contribution in [3.63, 3.8) is 0 Å². The monoisotopic (exact) mass is 297 g/mol. The van der Waals surface area contributed by atoms with Crippen molar-refractivity contribution in [2.75, 3.05) is 35.6 Å². The molecule has 1 aromatic heterocycles. The minimum atomic E-state index is -0.411. The van der Waals surface area contributed by atoms with Crippen molar-refractivity contribution in [3.05, 3.63) is 16.3 Å². The molecule has 2 rings (SSSR count). The third-order valence-corrected chi connectivity index (χ3v) is 4.16. The summed E-state index contributed by atoms with van der Waals surface area (Å²) in [4.78, 5) is 21.1. The molecule has 0 aliphatic carbocycles. The van der Waals surface area contributed by atoms with E-state index in [1.54, 1.807) is 0 Å². The molecule has 110 valence electrons. The molecule has 20 heavy (non-hydrogen) atoms. The maximum Gasteiger partial charge on any atom is 0.329 e. The first-order valence-electron chi connectivity index (χ1n) is 6.73. The van der Waals surface area contributed by atoms with Crippen molar-refractivity contribution in [2.45, 2.75) is 25.5 Å². The fraction of sp³-hybridized carbons (Fsp3) is 0.667. The van der Waals surface area contributed by atoms with Crippen molar-refractivity contribution in [1.82, 2.24) is 9.97 Å². The summed E-state index contributed by atoms with van der Waals surface area (Å²) < 4.78 is 0. The average molecular weight is 297 g/mol. The predicted molar refractivity (Wildman–Crippen MR) is 81.6 cm³/mol. The topological polar surface area (TPSA) is 84.2 Å². The quantitative estimate of drug-likeness (QED) is 0.658. The minimum absolute atomic E-state index is 0.0221. The summed E-state index contributed by atoms with van der Waals surface area (Å²) in [5, 5.41) is 14.7. The van der Waals surface area contributed by atoms with Crippen molar-refractivity contribution in [2.24, 2.45) is 0 Å². The molecule has 7 nitrogen and oxygen atoms in total. The third-order valence-electron chi connectivity index (χ3n) is 3.02. The first-order chi connectivity index (χ1) is 9.61. The number of hydrogen-bond donors (Lipinski definition) is 1. The summed E-state index contributed by atoms with van der Waals surface area (Å²) in [6, 6.07) is 0. The molecule has 2 heterocycles. The van der Waals surface area contributed by atoms with Crippen LogP contribution in [-0.2, 0) is 0 Å². The fourth-order valence-electron chi connectivity index (χ4n) is 2.06. The Kier molecular flexibility index (Phi) is 4.99. The molecular formula is C12H19N5O2S. The standard InChI is InChI=1S/C12H19N5O2S/c1-3-4-13-12-14-7-10(17(18)19)11(15-12)16-5-6-20-9(2)8-16/h7,9H,3-6,8H2,1-2H3,(H,13,14,15). The molecular weight excluding hydrogens is 278 g/mol.